The van der Waals surface area contributed by atoms with E-state index in [4.69, 9.17) is 0 Å². The second-order valence-corrected chi connectivity index (χ2v) is 7.85. The van der Waals surface area contributed by atoms with Crippen LogP contribution >= 0.6 is 24.0 Å². The van der Waals surface area contributed by atoms with Crippen LogP contribution in [0.15, 0.2) is 52.5 Å². The van der Waals surface area contributed by atoms with Gasteiger partial charge in [-0.05, 0) is 50.1 Å². The largest absolute Gasteiger partial charge is 0.357 e. The number of aryl methyl sites for hydroxylation is 2. The highest BCUT2D eigenvalue weighted by Gasteiger charge is 2.16. The molecule has 0 atom stereocenters. The molecule has 2 rings (SSSR count). The maximum absolute atomic E-state index is 12.5. The number of guanidine groups is 1. The molecule has 1 aromatic heterocycles. The monoisotopic (exact) mass is 517 g/mol. The summed E-state index contributed by atoms with van der Waals surface area (Å²) in [5.74, 6) is 0.620. The van der Waals surface area contributed by atoms with Crippen LogP contribution in [-0.4, -0.2) is 39.0 Å². The lowest BCUT2D eigenvalue weighted by Crippen LogP contribution is -2.41. The third-order valence-electron chi connectivity index (χ3n) is 3.81. The molecule has 0 unspecified atom stereocenters. The molecule has 0 aliphatic rings. The number of hydrogen-bond donors (Lipinski definition) is 3. The number of rotatable bonds is 8. The average molecular weight is 517 g/mol. The van der Waals surface area contributed by atoms with Gasteiger partial charge >= 0.3 is 0 Å². The fourth-order valence-electron chi connectivity index (χ4n) is 2.43. The highest BCUT2D eigenvalue weighted by Crippen LogP contribution is 2.16. The van der Waals surface area contributed by atoms with Gasteiger partial charge in [0.15, 0.2) is 5.96 Å². The van der Waals surface area contributed by atoms with E-state index in [1.165, 1.54) is 0 Å². The van der Waals surface area contributed by atoms with Crippen molar-refractivity contribution in [1.29, 1.82) is 0 Å². The molecule has 1 heterocycles. The van der Waals surface area contributed by atoms with E-state index < -0.39 is 10.0 Å². The van der Waals surface area contributed by atoms with Crippen LogP contribution in [0, 0.1) is 13.8 Å². The van der Waals surface area contributed by atoms with E-state index in [2.05, 4.69) is 25.3 Å². The molecule has 0 aliphatic carbocycles. The second-order valence-electron chi connectivity index (χ2n) is 6.11. The average Bonchev–Trinajstić information content (AvgIpc) is 2.65. The van der Waals surface area contributed by atoms with Crippen molar-refractivity contribution in [3.05, 3.63) is 59.4 Å². The van der Waals surface area contributed by atoms with Gasteiger partial charge in [0.1, 0.15) is 0 Å². The van der Waals surface area contributed by atoms with Gasteiger partial charge in [-0.2, -0.15) is 0 Å². The van der Waals surface area contributed by atoms with Gasteiger partial charge < -0.3 is 10.6 Å². The zero-order valence-corrected chi connectivity index (χ0v) is 19.5. The van der Waals surface area contributed by atoms with Crippen molar-refractivity contribution in [2.75, 3.05) is 19.6 Å². The van der Waals surface area contributed by atoms with Gasteiger partial charge in [-0.25, -0.2) is 18.1 Å². The van der Waals surface area contributed by atoms with Crippen molar-refractivity contribution >= 4 is 40.0 Å². The number of sulfonamides is 1. The number of halogens is 1. The summed E-state index contributed by atoms with van der Waals surface area (Å²) in [4.78, 5) is 9.01. The van der Waals surface area contributed by atoms with Gasteiger partial charge in [0.25, 0.3) is 0 Å². The first-order valence-electron chi connectivity index (χ1n) is 8.91. The van der Waals surface area contributed by atoms with Crippen LogP contribution in [0.3, 0.4) is 0 Å². The van der Waals surface area contributed by atoms with E-state index in [0.29, 0.717) is 30.5 Å². The molecule has 0 radical (unpaired) electrons. The lowest BCUT2D eigenvalue weighted by Gasteiger charge is -2.13. The molecule has 9 heteroatoms. The van der Waals surface area contributed by atoms with Gasteiger partial charge in [-0.15, -0.1) is 24.0 Å². The summed E-state index contributed by atoms with van der Waals surface area (Å²) >= 11 is 0. The Labute approximate surface area is 184 Å². The number of aliphatic imine (C=N–C) groups is 1. The molecule has 7 nitrogen and oxygen atoms in total. The molecule has 0 fully saturated rings. The molecule has 2 aromatic rings. The van der Waals surface area contributed by atoms with Gasteiger partial charge in [0, 0.05) is 25.8 Å². The van der Waals surface area contributed by atoms with Crippen molar-refractivity contribution in [3.8, 4) is 0 Å². The number of nitrogens with one attached hydrogen (secondary N) is 3. The first-order chi connectivity index (χ1) is 12.9. The van der Waals surface area contributed by atoms with Crippen LogP contribution in [0.1, 0.15) is 23.7 Å². The number of benzene rings is 1. The minimum atomic E-state index is -3.54. The van der Waals surface area contributed by atoms with Gasteiger partial charge in [-0.1, -0.05) is 18.2 Å². The molecule has 0 spiro atoms. The van der Waals surface area contributed by atoms with Crippen LogP contribution in [0.2, 0.25) is 0 Å². The Bertz CT molecular complexity index is 873. The number of aromatic nitrogens is 1. The SMILES string of the molecule is CCNC(=NCc1ccccn1)NCCNS(=O)(=O)c1cc(C)ccc1C.I. The highest BCUT2D eigenvalue weighted by molar-refractivity contribution is 14.0. The maximum Gasteiger partial charge on any atom is 0.240 e. The van der Waals surface area contributed by atoms with E-state index in [9.17, 15) is 8.42 Å². The molecule has 0 bridgehead atoms. The first kappa shape index (κ1) is 24.3. The van der Waals surface area contributed by atoms with Crippen molar-refractivity contribution in [2.24, 2.45) is 4.99 Å². The molecule has 154 valence electrons. The van der Waals surface area contributed by atoms with Crippen molar-refractivity contribution < 1.29 is 8.42 Å². The topological polar surface area (TPSA) is 95.5 Å². The second kappa shape index (κ2) is 12.0. The summed E-state index contributed by atoms with van der Waals surface area (Å²) < 4.78 is 27.6. The Morgan fingerprint density at radius 2 is 1.89 bits per heavy atom. The maximum atomic E-state index is 12.5. The first-order valence-corrected chi connectivity index (χ1v) is 10.4. The molecule has 0 saturated carbocycles. The fraction of sp³-hybridized carbons (Fsp3) is 0.368. The molecule has 28 heavy (non-hydrogen) atoms. The minimum absolute atomic E-state index is 0. The molecule has 0 aliphatic heterocycles. The molecule has 0 amide bonds. The Kier molecular flexibility index (Phi) is 10.4. The third-order valence-corrected chi connectivity index (χ3v) is 5.42. The normalized spacial score (nSPS) is 11.6. The summed E-state index contributed by atoms with van der Waals surface area (Å²) in [5, 5.41) is 6.26. The molecular weight excluding hydrogens is 489 g/mol. The predicted molar refractivity (Wildman–Crippen MR) is 124 cm³/mol. The highest BCUT2D eigenvalue weighted by atomic mass is 127. The van der Waals surface area contributed by atoms with E-state index >= 15 is 0 Å². The molecular formula is C19H28IN5O2S. The Morgan fingerprint density at radius 1 is 1.11 bits per heavy atom. The van der Waals surface area contributed by atoms with Gasteiger partial charge in [-0.3, -0.25) is 4.98 Å². The standard InChI is InChI=1S/C19H27N5O2S.HI/c1-4-20-19(23-14-17-7-5-6-10-21-17)22-11-12-24-27(25,26)18-13-15(2)8-9-16(18)3;/h5-10,13,24H,4,11-12,14H2,1-3H3,(H2,20,22,23);1H. The van der Waals surface area contributed by atoms with Crippen molar-refractivity contribution in [3.63, 3.8) is 0 Å². The Hall–Kier alpha value is -1.72. The minimum Gasteiger partial charge on any atom is -0.357 e. The smallest absolute Gasteiger partial charge is 0.240 e. The fourth-order valence-corrected chi connectivity index (χ4v) is 3.79. The quantitative estimate of drug-likeness (QED) is 0.216. The van der Waals surface area contributed by atoms with Crippen LogP contribution < -0.4 is 15.4 Å². The number of nitrogens with zero attached hydrogens (tertiary/aromatic N) is 2. The zero-order valence-electron chi connectivity index (χ0n) is 16.4. The van der Waals surface area contributed by atoms with Crippen molar-refractivity contribution in [2.45, 2.75) is 32.2 Å². The number of hydrogen-bond acceptors (Lipinski definition) is 4. The zero-order chi connectivity index (χ0) is 19.7. The number of pyridine rings is 1. The van der Waals surface area contributed by atoms with Crippen LogP contribution in [0.25, 0.3) is 0 Å². The lowest BCUT2D eigenvalue weighted by molar-refractivity contribution is 0.580. The summed E-state index contributed by atoms with van der Waals surface area (Å²) in [7, 11) is -3.54. The summed E-state index contributed by atoms with van der Waals surface area (Å²) in [6.45, 7) is 7.47. The van der Waals surface area contributed by atoms with Gasteiger partial charge in [0.05, 0.1) is 17.1 Å². The van der Waals surface area contributed by atoms with Crippen LogP contribution in [0.5, 0.6) is 0 Å². The van der Waals surface area contributed by atoms with E-state index in [1.807, 2.05) is 44.2 Å². The lowest BCUT2D eigenvalue weighted by atomic mass is 10.2. The summed E-state index contributed by atoms with van der Waals surface area (Å²) in [6, 6.07) is 11.1. The van der Waals surface area contributed by atoms with E-state index in [-0.39, 0.29) is 30.5 Å². The van der Waals surface area contributed by atoms with E-state index in [0.717, 1.165) is 16.8 Å². The van der Waals surface area contributed by atoms with Crippen LogP contribution in [-0.2, 0) is 16.6 Å². The van der Waals surface area contributed by atoms with E-state index in [1.54, 1.807) is 19.2 Å². The third kappa shape index (κ3) is 7.72. The molecule has 1 aromatic carbocycles. The van der Waals surface area contributed by atoms with Crippen molar-refractivity contribution in [1.82, 2.24) is 20.3 Å². The Balaban J connectivity index is 0.00000392. The molecule has 3 N–H and O–H groups in total. The molecule has 0 saturated heterocycles. The summed E-state index contributed by atoms with van der Waals surface area (Å²) in [6.07, 6.45) is 1.73. The van der Waals surface area contributed by atoms with Gasteiger partial charge in [0.2, 0.25) is 10.0 Å². The predicted octanol–water partition coefficient (Wildman–Crippen LogP) is 2.35. The summed E-state index contributed by atoms with van der Waals surface area (Å²) in [5.41, 5.74) is 2.51. The Morgan fingerprint density at radius 3 is 2.57 bits per heavy atom. The van der Waals surface area contributed by atoms with Crippen LogP contribution in [0.4, 0.5) is 0 Å².